The van der Waals surface area contributed by atoms with Crippen LogP contribution >= 0.6 is 0 Å². The molecule has 2 saturated heterocycles. The number of carbonyl (C=O) groups is 1. The second-order valence-electron chi connectivity index (χ2n) is 4.15. The first-order chi connectivity index (χ1) is 6.76. The quantitative estimate of drug-likeness (QED) is 0.623. The Labute approximate surface area is 84.0 Å². The molecule has 0 saturated carbocycles. The lowest BCUT2D eigenvalue weighted by Gasteiger charge is -2.32. The van der Waals surface area contributed by atoms with Crippen molar-refractivity contribution in [1.29, 1.82) is 0 Å². The second-order valence-corrected chi connectivity index (χ2v) is 4.15. The van der Waals surface area contributed by atoms with Gasteiger partial charge < -0.3 is 14.8 Å². The number of methoxy groups -OCH3 is 1. The van der Waals surface area contributed by atoms with Crippen molar-refractivity contribution in [3.63, 3.8) is 0 Å². The maximum absolute atomic E-state index is 11.3. The van der Waals surface area contributed by atoms with Crippen LogP contribution in [-0.2, 0) is 14.3 Å². The summed E-state index contributed by atoms with van der Waals surface area (Å²) in [6.07, 6.45) is 4.17. The molecule has 0 aliphatic carbocycles. The van der Waals surface area contributed by atoms with Gasteiger partial charge in [0.05, 0.1) is 12.7 Å². The third kappa shape index (κ3) is 1.77. The zero-order valence-corrected chi connectivity index (χ0v) is 8.54. The fourth-order valence-corrected chi connectivity index (χ4v) is 2.34. The monoisotopic (exact) mass is 199 g/mol. The molecular weight excluding hydrogens is 182 g/mol. The molecule has 0 aromatic carbocycles. The Morgan fingerprint density at radius 1 is 1.57 bits per heavy atom. The van der Waals surface area contributed by atoms with Crippen LogP contribution < -0.4 is 5.32 Å². The van der Waals surface area contributed by atoms with Gasteiger partial charge >= 0.3 is 5.97 Å². The van der Waals surface area contributed by atoms with Crippen LogP contribution in [0.25, 0.3) is 0 Å². The van der Waals surface area contributed by atoms with Crippen molar-refractivity contribution in [2.75, 3.05) is 20.3 Å². The summed E-state index contributed by atoms with van der Waals surface area (Å²) in [5.41, 5.74) is -0.0862. The van der Waals surface area contributed by atoms with E-state index in [9.17, 15) is 4.79 Å². The lowest BCUT2D eigenvalue weighted by atomic mass is 9.91. The van der Waals surface area contributed by atoms with Gasteiger partial charge in [0.1, 0.15) is 6.04 Å². The van der Waals surface area contributed by atoms with E-state index in [2.05, 4.69) is 5.32 Å². The number of ether oxygens (including phenoxy) is 2. The number of esters is 1. The molecule has 80 valence electrons. The molecule has 4 heteroatoms. The Kier molecular flexibility index (Phi) is 2.74. The predicted octanol–water partition coefficient (Wildman–Crippen LogP) is 0.461. The van der Waals surface area contributed by atoms with Crippen LogP contribution in [0.1, 0.15) is 25.7 Å². The van der Waals surface area contributed by atoms with E-state index >= 15 is 0 Å². The Hall–Kier alpha value is -0.610. The number of hydrogen-bond acceptors (Lipinski definition) is 4. The zero-order chi connectivity index (χ0) is 10.0. The maximum Gasteiger partial charge on any atom is 0.322 e. The first-order valence-electron chi connectivity index (χ1n) is 5.21. The topological polar surface area (TPSA) is 47.6 Å². The summed E-state index contributed by atoms with van der Waals surface area (Å²) in [7, 11) is 1.43. The standard InChI is InChI=1S/C10H17NO3/c1-13-9(12)8-6-10(7-11-8)4-2-3-5-14-10/h8,11H,2-7H2,1H3/t8-,10?/m0/s1. The summed E-state index contributed by atoms with van der Waals surface area (Å²) < 4.78 is 10.5. The minimum atomic E-state index is -0.170. The summed E-state index contributed by atoms with van der Waals surface area (Å²) in [5.74, 6) is -0.170. The third-order valence-corrected chi connectivity index (χ3v) is 3.17. The second kappa shape index (κ2) is 3.87. The van der Waals surface area contributed by atoms with Crippen LogP contribution in [0.3, 0.4) is 0 Å². The van der Waals surface area contributed by atoms with Crippen molar-refractivity contribution in [2.24, 2.45) is 0 Å². The first kappa shape index (κ1) is 9.93. The molecular formula is C10H17NO3. The molecule has 2 aliphatic rings. The van der Waals surface area contributed by atoms with Gasteiger partial charge in [-0.15, -0.1) is 0 Å². The molecule has 2 aliphatic heterocycles. The third-order valence-electron chi connectivity index (χ3n) is 3.17. The van der Waals surface area contributed by atoms with E-state index in [-0.39, 0.29) is 17.6 Å². The van der Waals surface area contributed by atoms with Crippen LogP contribution in [0.4, 0.5) is 0 Å². The smallest absolute Gasteiger partial charge is 0.322 e. The molecule has 0 amide bonds. The molecule has 2 fully saturated rings. The lowest BCUT2D eigenvalue weighted by molar-refractivity contribution is -0.143. The molecule has 14 heavy (non-hydrogen) atoms. The van der Waals surface area contributed by atoms with Crippen molar-refractivity contribution in [2.45, 2.75) is 37.3 Å². The summed E-state index contributed by atoms with van der Waals surface area (Å²) >= 11 is 0. The summed E-state index contributed by atoms with van der Waals surface area (Å²) in [5, 5.41) is 3.17. The summed E-state index contributed by atoms with van der Waals surface area (Å²) in [4.78, 5) is 11.3. The minimum Gasteiger partial charge on any atom is -0.468 e. The normalized spacial score (nSPS) is 37.4. The van der Waals surface area contributed by atoms with Gasteiger partial charge in [-0.1, -0.05) is 0 Å². The number of nitrogens with one attached hydrogen (secondary N) is 1. The number of hydrogen-bond donors (Lipinski definition) is 1. The first-order valence-corrected chi connectivity index (χ1v) is 5.21. The van der Waals surface area contributed by atoms with Gasteiger partial charge in [0.25, 0.3) is 0 Å². The number of carbonyl (C=O) groups excluding carboxylic acids is 1. The molecule has 1 unspecified atom stereocenters. The molecule has 0 radical (unpaired) electrons. The molecule has 2 rings (SSSR count). The van der Waals surface area contributed by atoms with Gasteiger partial charge in [0.15, 0.2) is 0 Å². The van der Waals surface area contributed by atoms with E-state index in [4.69, 9.17) is 9.47 Å². The van der Waals surface area contributed by atoms with Gasteiger partial charge in [0.2, 0.25) is 0 Å². The van der Waals surface area contributed by atoms with E-state index in [1.54, 1.807) is 0 Å². The highest BCUT2D eigenvalue weighted by molar-refractivity contribution is 5.76. The predicted molar refractivity (Wildman–Crippen MR) is 51.0 cm³/mol. The van der Waals surface area contributed by atoms with Crippen LogP contribution in [0.2, 0.25) is 0 Å². The van der Waals surface area contributed by atoms with Crippen LogP contribution in [-0.4, -0.2) is 37.9 Å². The lowest BCUT2D eigenvalue weighted by Crippen LogP contribution is -2.38. The molecule has 0 aromatic rings. The Balaban J connectivity index is 1.95. The van der Waals surface area contributed by atoms with Crippen LogP contribution in [0.5, 0.6) is 0 Å². The fourth-order valence-electron chi connectivity index (χ4n) is 2.34. The van der Waals surface area contributed by atoms with Gasteiger partial charge in [-0.3, -0.25) is 4.79 Å². The molecule has 1 N–H and O–H groups in total. The molecule has 0 bridgehead atoms. The van der Waals surface area contributed by atoms with Gasteiger partial charge in [0, 0.05) is 19.6 Å². The average molecular weight is 199 g/mol. The number of rotatable bonds is 1. The Bertz CT molecular complexity index is 223. The van der Waals surface area contributed by atoms with Crippen LogP contribution in [0, 0.1) is 0 Å². The molecule has 2 atom stereocenters. The van der Waals surface area contributed by atoms with E-state index in [0.717, 1.165) is 32.4 Å². The highest BCUT2D eigenvalue weighted by Gasteiger charge is 2.43. The van der Waals surface area contributed by atoms with Crippen molar-refractivity contribution >= 4 is 5.97 Å². The van der Waals surface area contributed by atoms with E-state index in [1.807, 2.05) is 0 Å². The van der Waals surface area contributed by atoms with Crippen molar-refractivity contribution in [3.8, 4) is 0 Å². The van der Waals surface area contributed by atoms with Crippen LogP contribution in [0.15, 0.2) is 0 Å². The molecule has 0 aromatic heterocycles. The summed E-state index contributed by atoms with van der Waals surface area (Å²) in [6.45, 7) is 1.61. The van der Waals surface area contributed by atoms with Gasteiger partial charge in [-0.25, -0.2) is 0 Å². The van der Waals surface area contributed by atoms with E-state index in [0.29, 0.717) is 0 Å². The Morgan fingerprint density at radius 3 is 3.07 bits per heavy atom. The largest absolute Gasteiger partial charge is 0.468 e. The molecule has 4 nitrogen and oxygen atoms in total. The van der Waals surface area contributed by atoms with Gasteiger partial charge in [-0.2, -0.15) is 0 Å². The Morgan fingerprint density at radius 2 is 2.43 bits per heavy atom. The van der Waals surface area contributed by atoms with E-state index < -0.39 is 0 Å². The highest BCUT2D eigenvalue weighted by Crippen LogP contribution is 2.32. The molecule has 2 heterocycles. The maximum atomic E-state index is 11.3. The SMILES string of the molecule is COC(=O)[C@@H]1CC2(CCCCO2)CN1. The minimum absolute atomic E-state index is 0.0862. The van der Waals surface area contributed by atoms with Crippen molar-refractivity contribution < 1.29 is 14.3 Å². The average Bonchev–Trinajstić information content (AvgIpc) is 2.62. The fraction of sp³-hybridized carbons (Fsp3) is 0.900. The van der Waals surface area contributed by atoms with Gasteiger partial charge in [-0.05, 0) is 19.3 Å². The molecule has 1 spiro atoms. The van der Waals surface area contributed by atoms with Crippen molar-refractivity contribution in [1.82, 2.24) is 5.32 Å². The van der Waals surface area contributed by atoms with E-state index in [1.165, 1.54) is 13.5 Å². The van der Waals surface area contributed by atoms with Crippen molar-refractivity contribution in [3.05, 3.63) is 0 Å². The summed E-state index contributed by atoms with van der Waals surface area (Å²) in [6, 6.07) is -0.168. The highest BCUT2D eigenvalue weighted by atomic mass is 16.5. The zero-order valence-electron chi connectivity index (χ0n) is 8.54.